The topological polar surface area (TPSA) is 58.3 Å². The molecule has 0 amide bonds. The number of nitrogens with two attached hydrogens (primary N) is 1. The Morgan fingerprint density at radius 3 is 2.78 bits per heavy atom. The van der Waals surface area contributed by atoms with Crippen LogP contribution in [0.5, 0.6) is 0 Å². The maximum Gasteiger partial charge on any atom is 0.0802 e. The summed E-state index contributed by atoms with van der Waals surface area (Å²) in [7, 11) is 0. The molecule has 0 bridgehead atoms. The molecule has 1 aliphatic carbocycles. The summed E-state index contributed by atoms with van der Waals surface area (Å²) >= 11 is 5.86. The van der Waals surface area contributed by atoms with Crippen molar-refractivity contribution in [2.75, 3.05) is 12.3 Å². The van der Waals surface area contributed by atoms with E-state index < -0.39 is 6.10 Å². The lowest BCUT2D eigenvalue weighted by atomic mass is 10.1. The molecule has 1 atom stereocenters. The highest BCUT2D eigenvalue weighted by atomic mass is 35.5. The average Bonchev–Trinajstić information content (AvgIpc) is 2.85. The van der Waals surface area contributed by atoms with Gasteiger partial charge in [0.25, 0.3) is 0 Å². The molecule has 4 heteroatoms. The fraction of sp³-hybridized carbons (Fsp3) is 0.571. The van der Waals surface area contributed by atoms with Gasteiger partial charge < -0.3 is 16.2 Å². The predicted molar refractivity (Wildman–Crippen MR) is 75.7 cm³/mol. The van der Waals surface area contributed by atoms with Crippen LogP contribution < -0.4 is 11.1 Å². The molecule has 1 aromatic carbocycles. The average molecular weight is 269 g/mol. The van der Waals surface area contributed by atoms with Gasteiger partial charge in [-0.15, -0.1) is 0 Å². The van der Waals surface area contributed by atoms with E-state index in [0.717, 1.165) is 12.1 Å². The van der Waals surface area contributed by atoms with Crippen molar-refractivity contribution in [1.29, 1.82) is 0 Å². The van der Waals surface area contributed by atoms with E-state index in [1.807, 2.05) is 6.07 Å². The highest BCUT2D eigenvalue weighted by Crippen LogP contribution is 2.25. The van der Waals surface area contributed by atoms with Crippen LogP contribution in [0.25, 0.3) is 0 Å². The number of rotatable bonds is 5. The minimum Gasteiger partial charge on any atom is -0.398 e. The molecule has 0 aromatic heterocycles. The van der Waals surface area contributed by atoms with Crippen molar-refractivity contribution < 1.29 is 5.11 Å². The lowest BCUT2D eigenvalue weighted by Gasteiger charge is -2.15. The first-order valence-corrected chi connectivity index (χ1v) is 7.01. The number of hydrogen-bond donors (Lipinski definition) is 3. The number of hydrogen-bond acceptors (Lipinski definition) is 3. The molecular formula is C14H21ClN2O. The van der Waals surface area contributed by atoms with Crippen molar-refractivity contribution >= 4 is 17.3 Å². The number of nitrogen functional groups attached to an aromatic ring is 1. The molecule has 3 nitrogen and oxygen atoms in total. The monoisotopic (exact) mass is 268 g/mol. The minimum atomic E-state index is -0.474. The first-order chi connectivity index (χ1) is 8.66. The van der Waals surface area contributed by atoms with Gasteiger partial charge in [-0.25, -0.2) is 0 Å². The Morgan fingerprint density at radius 2 is 2.11 bits per heavy atom. The molecule has 2 rings (SSSR count). The van der Waals surface area contributed by atoms with E-state index in [-0.39, 0.29) is 0 Å². The zero-order valence-electron chi connectivity index (χ0n) is 10.5. The molecule has 0 saturated heterocycles. The molecule has 1 fully saturated rings. The lowest BCUT2D eigenvalue weighted by molar-refractivity contribution is 0.165. The Hall–Kier alpha value is -0.770. The summed E-state index contributed by atoms with van der Waals surface area (Å²) in [6.45, 7) is 0.842. The summed E-state index contributed by atoms with van der Waals surface area (Å²) in [5, 5.41) is 14.1. The van der Waals surface area contributed by atoms with Gasteiger partial charge >= 0.3 is 0 Å². The van der Waals surface area contributed by atoms with Crippen molar-refractivity contribution in [3.05, 3.63) is 28.8 Å². The van der Waals surface area contributed by atoms with E-state index in [2.05, 4.69) is 5.32 Å². The van der Waals surface area contributed by atoms with Gasteiger partial charge in [-0.1, -0.05) is 30.5 Å². The SMILES string of the molecule is Nc1cc(C(O)CCNC2CCCC2)ccc1Cl. The lowest BCUT2D eigenvalue weighted by Crippen LogP contribution is -2.27. The second kappa shape index (κ2) is 6.41. The van der Waals surface area contributed by atoms with E-state index in [9.17, 15) is 5.11 Å². The van der Waals surface area contributed by atoms with E-state index >= 15 is 0 Å². The van der Waals surface area contributed by atoms with Gasteiger partial charge in [0, 0.05) is 6.04 Å². The van der Waals surface area contributed by atoms with Crippen molar-refractivity contribution in [3.63, 3.8) is 0 Å². The quantitative estimate of drug-likeness (QED) is 0.720. The third kappa shape index (κ3) is 3.61. The Balaban J connectivity index is 1.79. The Kier molecular flexibility index (Phi) is 4.87. The van der Waals surface area contributed by atoms with Gasteiger partial charge in [0.05, 0.1) is 16.8 Å². The standard InChI is InChI=1S/C14H21ClN2O/c15-12-6-5-10(9-13(12)16)14(18)7-8-17-11-3-1-2-4-11/h5-6,9,11,14,17-18H,1-4,7-8,16H2. The zero-order valence-corrected chi connectivity index (χ0v) is 11.3. The molecule has 4 N–H and O–H groups in total. The Labute approximate surface area is 113 Å². The number of aliphatic hydroxyl groups excluding tert-OH is 1. The van der Waals surface area contributed by atoms with Crippen molar-refractivity contribution in [1.82, 2.24) is 5.32 Å². The fourth-order valence-electron chi connectivity index (χ4n) is 2.49. The highest BCUT2D eigenvalue weighted by Gasteiger charge is 2.15. The third-order valence-corrected chi connectivity index (χ3v) is 3.95. The van der Waals surface area contributed by atoms with Crippen LogP contribution in [-0.4, -0.2) is 17.7 Å². The second-order valence-corrected chi connectivity index (χ2v) is 5.43. The van der Waals surface area contributed by atoms with Crippen LogP contribution in [0.1, 0.15) is 43.8 Å². The van der Waals surface area contributed by atoms with Crippen LogP contribution >= 0.6 is 11.6 Å². The fourth-order valence-corrected chi connectivity index (χ4v) is 2.61. The maximum atomic E-state index is 10.1. The Morgan fingerprint density at radius 1 is 1.39 bits per heavy atom. The minimum absolute atomic E-state index is 0.474. The second-order valence-electron chi connectivity index (χ2n) is 5.02. The van der Waals surface area contributed by atoms with Crippen LogP contribution in [0.3, 0.4) is 0 Å². The van der Waals surface area contributed by atoms with E-state index in [4.69, 9.17) is 17.3 Å². The summed E-state index contributed by atoms with van der Waals surface area (Å²) in [5.41, 5.74) is 7.09. The number of halogens is 1. The maximum absolute atomic E-state index is 10.1. The van der Waals surface area contributed by atoms with Gasteiger partial charge in [0.2, 0.25) is 0 Å². The van der Waals surface area contributed by atoms with E-state index in [1.165, 1.54) is 25.7 Å². The van der Waals surface area contributed by atoms with Gasteiger partial charge in [0.15, 0.2) is 0 Å². The van der Waals surface area contributed by atoms with Crippen LogP contribution in [0.2, 0.25) is 5.02 Å². The summed E-state index contributed by atoms with van der Waals surface area (Å²) in [6, 6.07) is 5.97. The van der Waals surface area contributed by atoms with Crippen LogP contribution in [0.15, 0.2) is 18.2 Å². The molecule has 1 aliphatic rings. The highest BCUT2D eigenvalue weighted by molar-refractivity contribution is 6.33. The van der Waals surface area contributed by atoms with Crippen molar-refractivity contribution in [2.24, 2.45) is 0 Å². The zero-order chi connectivity index (χ0) is 13.0. The first-order valence-electron chi connectivity index (χ1n) is 6.63. The van der Waals surface area contributed by atoms with Gasteiger partial charge in [-0.3, -0.25) is 0 Å². The van der Waals surface area contributed by atoms with Crippen LogP contribution in [0.4, 0.5) is 5.69 Å². The Bertz CT molecular complexity index is 391. The molecule has 18 heavy (non-hydrogen) atoms. The van der Waals surface area contributed by atoms with Crippen molar-refractivity contribution in [3.8, 4) is 0 Å². The smallest absolute Gasteiger partial charge is 0.0802 e. The first kappa shape index (κ1) is 13.7. The van der Waals surface area contributed by atoms with E-state index in [1.54, 1.807) is 12.1 Å². The molecule has 1 unspecified atom stereocenters. The molecule has 0 spiro atoms. The third-order valence-electron chi connectivity index (χ3n) is 3.61. The summed E-state index contributed by atoms with van der Waals surface area (Å²) in [5.74, 6) is 0. The van der Waals surface area contributed by atoms with Gasteiger partial charge in [0.1, 0.15) is 0 Å². The van der Waals surface area contributed by atoms with Gasteiger partial charge in [-0.2, -0.15) is 0 Å². The normalized spacial score (nSPS) is 18.1. The number of nitrogens with one attached hydrogen (secondary N) is 1. The van der Waals surface area contributed by atoms with Crippen molar-refractivity contribution in [2.45, 2.75) is 44.2 Å². The molecule has 0 aliphatic heterocycles. The van der Waals surface area contributed by atoms with Gasteiger partial charge in [-0.05, 0) is 43.5 Å². The predicted octanol–water partition coefficient (Wildman–Crippen LogP) is 2.88. The number of aliphatic hydroxyl groups is 1. The molecule has 1 saturated carbocycles. The molecule has 100 valence electrons. The molecular weight excluding hydrogens is 248 g/mol. The summed E-state index contributed by atoms with van der Waals surface area (Å²) in [6.07, 6.45) is 5.42. The largest absolute Gasteiger partial charge is 0.398 e. The number of anilines is 1. The van der Waals surface area contributed by atoms with Crippen LogP contribution in [0, 0.1) is 0 Å². The summed E-state index contributed by atoms with van der Waals surface area (Å²) < 4.78 is 0. The molecule has 1 aromatic rings. The summed E-state index contributed by atoms with van der Waals surface area (Å²) in [4.78, 5) is 0. The number of benzene rings is 1. The molecule has 0 heterocycles. The van der Waals surface area contributed by atoms with E-state index in [0.29, 0.717) is 23.2 Å². The molecule has 0 radical (unpaired) electrons. The van der Waals surface area contributed by atoms with Crippen LogP contribution in [-0.2, 0) is 0 Å².